The molecule has 0 nitrogen and oxygen atoms in total. The number of hydrogen-bond donors (Lipinski definition) is 0. The Morgan fingerprint density at radius 2 is 2.20 bits per heavy atom. The van der Waals surface area contributed by atoms with Crippen molar-refractivity contribution in [2.75, 3.05) is 0 Å². The van der Waals surface area contributed by atoms with Crippen LogP contribution in [0.15, 0.2) is 12.2 Å². The van der Waals surface area contributed by atoms with E-state index in [1.807, 2.05) is 0 Å². The Kier molecular flexibility index (Phi) is 1.07. The van der Waals surface area contributed by atoms with Gasteiger partial charge in [0, 0.05) is 0 Å². The zero-order valence-electron chi connectivity index (χ0n) is 7.09. The molecule has 2 rings (SSSR count). The molecular weight excluding hydrogens is 120 g/mol. The first-order chi connectivity index (χ1) is 4.67. The Morgan fingerprint density at radius 3 is 2.40 bits per heavy atom. The predicted octanol–water partition coefficient (Wildman–Crippen LogP) is 2.85. The first-order valence-electron chi connectivity index (χ1n) is 4.36. The van der Waals surface area contributed by atoms with E-state index in [9.17, 15) is 0 Å². The summed E-state index contributed by atoms with van der Waals surface area (Å²) in [5.74, 6) is 2.73. The van der Waals surface area contributed by atoms with Crippen LogP contribution in [0, 0.1) is 23.2 Å². The lowest BCUT2D eigenvalue weighted by molar-refractivity contribution is 0.401. The van der Waals surface area contributed by atoms with Gasteiger partial charge in [-0.1, -0.05) is 32.9 Å². The van der Waals surface area contributed by atoms with Crippen LogP contribution in [0.25, 0.3) is 0 Å². The van der Waals surface area contributed by atoms with Crippen molar-refractivity contribution < 1.29 is 0 Å². The van der Waals surface area contributed by atoms with E-state index < -0.39 is 0 Å². The van der Waals surface area contributed by atoms with Crippen LogP contribution in [0.5, 0.6) is 0 Å². The summed E-state index contributed by atoms with van der Waals surface area (Å²) >= 11 is 0. The average molecular weight is 136 g/mol. The molecule has 10 heavy (non-hydrogen) atoms. The molecule has 3 atom stereocenters. The lowest BCUT2D eigenvalue weighted by atomic mass is 9.91. The summed E-state index contributed by atoms with van der Waals surface area (Å²) in [6, 6.07) is 0. The molecule has 0 N–H and O–H groups in total. The van der Waals surface area contributed by atoms with Gasteiger partial charge in [0.05, 0.1) is 0 Å². The van der Waals surface area contributed by atoms with E-state index in [1.165, 1.54) is 6.42 Å². The molecule has 2 aliphatic carbocycles. The quantitative estimate of drug-likeness (QED) is 0.486. The van der Waals surface area contributed by atoms with Gasteiger partial charge in [0.25, 0.3) is 0 Å². The minimum absolute atomic E-state index is 0.652. The zero-order valence-corrected chi connectivity index (χ0v) is 7.09. The standard InChI is InChI=1S/C10H16/c1-7(2)10-5-4-8(3)9(10)6-10/h4-5,7-9H,6H2,1-3H3/t8-,9+,10-/m0/s1. The van der Waals surface area contributed by atoms with Gasteiger partial charge in [-0.25, -0.2) is 0 Å². The number of hydrogen-bond acceptors (Lipinski definition) is 0. The van der Waals surface area contributed by atoms with Crippen molar-refractivity contribution in [2.24, 2.45) is 23.2 Å². The Labute approximate surface area is 63.3 Å². The topological polar surface area (TPSA) is 0 Å². The zero-order chi connectivity index (χ0) is 7.35. The Balaban J connectivity index is 2.19. The fourth-order valence-corrected chi connectivity index (χ4v) is 2.51. The van der Waals surface area contributed by atoms with Crippen LogP contribution in [0.3, 0.4) is 0 Å². The molecule has 0 aliphatic heterocycles. The average Bonchev–Trinajstić information content (AvgIpc) is 2.52. The molecule has 0 bridgehead atoms. The summed E-state index contributed by atoms with van der Waals surface area (Å²) in [4.78, 5) is 0. The third-order valence-corrected chi connectivity index (χ3v) is 3.52. The second-order valence-electron chi connectivity index (χ2n) is 4.30. The molecule has 0 unspecified atom stereocenters. The summed E-state index contributed by atoms with van der Waals surface area (Å²) in [6.45, 7) is 7.04. The normalized spacial score (nSPS) is 50.0. The second kappa shape index (κ2) is 1.66. The van der Waals surface area contributed by atoms with Crippen molar-refractivity contribution in [3.63, 3.8) is 0 Å². The van der Waals surface area contributed by atoms with Crippen molar-refractivity contribution >= 4 is 0 Å². The third kappa shape index (κ3) is 0.574. The predicted molar refractivity (Wildman–Crippen MR) is 43.7 cm³/mol. The summed E-state index contributed by atoms with van der Waals surface area (Å²) in [5, 5.41) is 0. The molecule has 0 amide bonds. The molecule has 0 heteroatoms. The Bertz CT molecular complexity index is 178. The van der Waals surface area contributed by atoms with Crippen molar-refractivity contribution in [3.8, 4) is 0 Å². The summed E-state index contributed by atoms with van der Waals surface area (Å²) in [6.07, 6.45) is 6.32. The first kappa shape index (κ1) is 6.45. The largest absolute Gasteiger partial charge is 0.0848 e. The van der Waals surface area contributed by atoms with Gasteiger partial charge in [0.15, 0.2) is 0 Å². The van der Waals surface area contributed by atoms with E-state index in [1.54, 1.807) is 0 Å². The highest BCUT2D eigenvalue weighted by Gasteiger charge is 2.58. The summed E-state index contributed by atoms with van der Waals surface area (Å²) < 4.78 is 0. The number of rotatable bonds is 1. The fourth-order valence-electron chi connectivity index (χ4n) is 2.51. The van der Waals surface area contributed by atoms with E-state index in [0.29, 0.717) is 5.41 Å². The molecule has 0 heterocycles. The summed E-state index contributed by atoms with van der Waals surface area (Å²) in [7, 11) is 0. The highest BCUT2D eigenvalue weighted by Crippen LogP contribution is 2.65. The van der Waals surface area contributed by atoms with Gasteiger partial charge >= 0.3 is 0 Å². The Hall–Kier alpha value is -0.260. The highest BCUT2D eigenvalue weighted by atomic mass is 14.6. The van der Waals surface area contributed by atoms with Gasteiger partial charge in [-0.05, 0) is 29.6 Å². The van der Waals surface area contributed by atoms with Crippen molar-refractivity contribution in [1.29, 1.82) is 0 Å². The third-order valence-electron chi connectivity index (χ3n) is 3.52. The number of fused-ring (bicyclic) bond motifs is 1. The van der Waals surface area contributed by atoms with Crippen LogP contribution >= 0.6 is 0 Å². The minimum atomic E-state index is 0.652. The molecule has 1 fully saturated rings. The lowest BCUT2D eigenvalue weighted by Gasteiger charge is -2.13. The molecule has 0 aromatic rings. The van der Waals surface area contributed by atoms with Crippen molar-refractivity contribution in [3.05, 3.63) is 12.2 Å². The molecule has 0 aromatic carbocycles. The maximum atomic E-state index is 2.47. The maximum absolute atomic E-state index is 2.47. The SMILES string of the molecule is CC(C)[C@@]12C=C[C@H](C)[C@H]1C2. The van der Waals surface area contributed by atoms with Crippen LogP contribution in [0.2, 0.25) is 0 Å². The van der Waals surface area contributed by atoms with Gasteiger partial charge in [-0.3, -0.25) is 0 Å². The van der Waals surface area contributed by atoms with Gasteiger partial charge in [0.2, 0.25) is 0 Å². The second-order valence-corrected chi connectivity index (χ2v) is 4.30. The fraction of sp³-hybridized carbons (Fsp3) is 0.800. The first-order valence-corrected chi connectivity index (χ1v) is 4.36. The minimum Gasteiger partial charge on any atom is -0.0848 e. The maximum Gasteiger partial charge on any atom is -0.00579 e. The molecule has 0 spiro atoms. The van der Waals surface area contributed by atoms with Crippen LogP contribution in [-0.2, 0) is 0 Å². The van der Waals surface area contributed by atoms with Gasteiger partial charge in [0.1, 0.15) is 0 Å². The van der Waals surface area contributed by atoms with Gasteiger partial charge in [-0.2, -0.15) is 0 Å². The van der Waals surface area contributed by atoms with E-state index >= 15 is 0 Å². The molecule has 0 radical (unpaired) electrons. The van der Waals surface area contributed by atoms with Gasteiger partial charge < -0.3 is 0 Å². The molecule has 0 aromatic heterocycles. The highest BCUT2D eigenvalue weighted by molar-refractivity contribution is 5.25. The van der Waals surface area contributed by atoms with Crippen molar-refractivity contribution in [1.82, 2.24) is 0 Å². The van der Waals surface area contributed by atoms with Crippen molar-refractivity contribution in [2.45, 2.75) is 27.2 Å². The lowest BCUT2D eigenvalue weighted by Crippen LogP contribution is -2.06. The monoisotopic (exact) mass is 136 g/mol. The van der Waals surface area contributed by atoms with Crippen LogP contribution < -0.4 is 0 Å². The van der Waals surface area contributed by atoms with E-state index in [-0.39, 0.29) is 0 Å². The molecule has 2 aliphatic rings. The van der Waals surface area contributed by atoms with Crippen LogP contribution in [0.4, 0.5) is 0 Å². The van der Waals surface area contributed by atoms with Crippen LogP contribution in [-0.4, -0.2) is 0 Å². The smallest absolute Gasteiger partial charge is 0.00579 e. The number of allylic oxidation sites excluding steroid dienone is 2. The van der Waals surface area contributed by atoms with E-state index in [2.05, 4.69) is 32.9 Å². The Morgan fingerprint density at radius 1 is 1.50 bits per heavy atom. The molecule has 56 valence electrons. The van der Waals surface area contributed by atoms with E-state index in [0.717, 1.165) is 17.8 Å². The van der Waals surface area contributed by atoms with Gasteiger partial charge in [-0.15, -0.1) is 0 Å². The molecule has 1 saturated carbocycles. The van der Waals surface area contributed by atoms with E-state index in [4.69, 9.17) is 0 Å². The molecular formula is C10H16. The summed E-state index contributed by atoms with van der Waals surface area (Å²) in [5.41, 5.74) is 0.652. The van der Waals surface area contributed by atoms with Crippen LogP contribution in [0.1, 0.15) is 27.2 Å². The molecule has 0 saturated heterocycles.